The van der Waals surface area contributed by atoms with Gasteiger partial charge in [0.25, 0.3) is 0 Å². The SMILES string of the molecule is CC(=C1CCC2(CC1)OCCO2)S(=O)c1ccccc1. The topological polar surface area (TPSA) is 35.5 Å². The van der Waals surface area contributed by atoms with E-state index >= 15 is 0 Å². The molecule has 4 heteroatoms. The number of hydrogen-bond acceptors (Lipinski definition) is 3. The van der Waals surface area contributed by atoms with Crippen molar-refractivity contribution in [2.45, 2.75) is 43.3 Å². The molecule has 0 amide bonds. The van der Waals surface area contributed by atoms with Gasteiger partial charge in [-0.2, -0.15) is 0 Å². The van der Waals surface area contributed by atoms with Gasteiger partial charge in [0.15, 0.2) is 5.79 Å². The second-order valence-corrected chi connectivity index (χ2v) is 6.97. The Morgan fingerprint density at radius 1 is 1.10 bits per heavy atom. The minimum absolute atomic E-state index is 0.349. The van der Waals surface area contributed by atoms with Crippen LogP contribution in [0.15, 0.2) is 45.7 Å². The van der Waals surface area contributed by atoms with Crippen molar-refractivity contribution < 1.29 is 13.7 Å². The fourth-order valence-corrected chi connectivity index (χ4v) is 4.15. The van der Waals surface area contributed by atoms with Gasteiger partial charge in [0.05, 0.1) is 24.0 Å². The number of benzene rings is 1. The van der Waals surface area contributed by atoms with E-state index in [9.17, 15) is 4.21 Å². The lowest BCUT2D eigenvalue weighted by molar-refractivity contribution is -0.171. The van der Waals surface area contributed by atoms with Crippen molar-refractivity contribution >= 4 is 10.8 Å². The first-order valence-corrected chi connectivity index (χ1v) is 8.29. The maximum absolute atomic E-state index is 12.5. The predicted molar refractivity (Wildman–Crippen MR) is 78.7 cm³/mol. The van der Waals surface area contributed by atoms with Crippen LogP contribution in [-0.2, 0) is 20.3 Å². The molecule has 2 fully saturated rings. The van der Waals surface area contributed by atoms with Gasteiger partial charge in [0.1, 0.15) is 0 Å². The minimum Gasteiger partial charge on any atom is -0.348 e. The number of ether oxygens (including phenoxy) is 2. The van der Waals surface area contributed by atoms with Crippen LogP contribution in [0.25, 0.3) is 0 Å². The van der Waals surface area contributed by atoms with E-state index in [0.29, 0.717) is 13.2 Å². The zero-order chi connectivity index (χ0) is 14.0. The molecule has 0 N–H and O–H groups in total. The molecule has 3 nitrogen and oxygen atoms in total. The van der Waals surface area contributed by atoms with Crippen LogP contribution in [0.4, 0.5) is 0 Å². The number of allylic oxidation sites excluding steroid dienone is 2. The lowest BCUT2D eigenvalue weighted by Crippen LogP contribution is -2.33. The van der Waals surface area contributed by atoms with Crippen LogP contribution in [0.2, 0.25) is 0 Å². The third-order valence-electron chi connectivity index (χ3n) is 4.16. The largest absolute Gasteiger partial charge is 0.348 e. The summed E-state index contributed by atoms with van der Waals surface area (Å²) in [5.41, 5.74) is 1.30. The Morgan fingerprint density at radius 2 is 1.70 bits per heavy atom. The molecule has 1 spiro atoms. The van der Waals surface area contributed by atoms with Crippen LogP contribution < -0.4 is 0 Å². The Labute approximate surface area is 122 Å². The average Bonchev–Trinajstić information content (AvgIpc) is 2.96. The fraction of sp³-hybridized carbons (Fsp3) is 0.500. The first kappa shape index (κ1) is 14.0. The summed E-state index contributed by atoms with van der Waals surface area (Å²) in [6.45, 7) is 3.40. The molecule has 1 aromatic rings. The molecule has 20 heavy (non-hydrogen) atoms. The van der Waals surface area contributed by atoms with Crippen LogP contribution in [0.3, 0.4) is 0 Å². The zero-order valence-electron chi connectivity index (χ0n) is 11.8. The van der Waals surface area contributed by atoms with Crippen molar-refractivity contribution in [3.8, 4) is 0 Å². The summed E-state index contributed by atoms with van der Waals surface area (Å²) in [6, 6.07) is 9.66. The fourth-order valence-electron chi connectivity index (χ4n) is 2.92. The lowest BCUT2D eigenvalue weighted by atomic mass is 9.89. The van der Waals surface area contributed by atoms with Gasteiger partial charge in [-0.15, -0.1) is 0 Å². The first-order chi connectivity index (χ1) is 9.70. The van der Waals surface area contributed by atoms with E-state index in [1.54, 1.807) is 0 Å². The zero-order valence-corrected chi connectivity index (χ0v) is 12.6. The normalized spacial score (nSPS) is 22.9. The number of rotatable bonds is 2. The molecule has 0 radical (unpaired) electrons. The minimum atomic E-state index is -1.04. The molecule has 1 unspecified atom stereocenters. The molecule has 0 bridgehead atoms. The highest BCUT2D eigenvalue weighted by molar-refractivity contribution is 7.89. The Morgan fingerprint density at radius 3 is 2.30 bits per heavy atom. The van der Waals surface area contributed by atoms with Crippen molar-refractivity contribution in [3.05, 3.63) is 40.8 Å². The van der Waals surface area contributed by atoms with Crippen molar-refractivity contribution in [3.63, 3.8) is 0 Å². The molecule has 1 aromatic carbocycles. The molecule has 1 heterocycles. The van der Waals surface area contributed by atoms with E-state index < -0.39 is 10.8 Å². The van der Waals surface area contributed by atoms with Gasteiger partial charge in [0.2, 0.25) is 0 Å². The van der Waals surface area contributed by atoms with Crippen molar-refractivity contribution in [1.82, 2.24) is 0 Å². The van der Waals surface area contributed by atoms with Crippen molar-refractivity contribution in [2.24, 2.45) is 0 Å². The summed E-state index contributed by atoms with van der Waals surface area (Å²) >= 11 is 0. The molecule has 1 saturated carbocycles. The molecule has 1 saturated heterocycles. The van der Waals surface area contributed by atoms with Gasteiger partial charge in [-0.1, -0.05) is 23.8 Å². The highest BCUT2D eigenvalue weighted by atomic mass is 32.2. The summed E-state index contributed by atoms with van der Waals surface area (Å²) < 4.78 is 24.0. The third-order valence-corrected chi connectivity index (χ3v) is 5.71. The highest BCUT2D eigenvalue weighted by Gasteiger charge is 2.39. The van der Waals surface area contributed by atoms with Crippen LogP contribution in [-0.4, -0.2) is 23.2 Å². The molecule has 1 atom stereocenters. The van der Waals surface area contributed by atoms with E-state index in [4.69, 9.17) is 9.47 Å². The van der Waals surface area contributed by atoms with E-state index in [0.717, 1.165) is 35.5 Å². The van der Waals surface area contributed by atoms with Crippen LogP contribution in [0.5, 0.6) is 0 Å². The van der Waals surface area contributed by atoms with Gasteiger partial charge in [-0.3, -0.25) is 0 Å². The Balaban J connectivity index is 1.73. The van der Waals surface area contributed by atoms with Gasteiger partial charge < -0.3 is 9.47 Å². The van der Waals surface area contributed by atoms with Crippen LogP contribution >= 0.6 is 0 Å². The summed E-state index contributed by atoms with van der Waals surface area (Å²) in [5, 5.41) is 0. The smallest absolute Gasteiger partial charge is 0.169 e. The van der Waals surface area contributed by atoms with E-state index in [1.165, 1.54) is 5.57 Å². The molecule has 3 rings (SSSR count). The average molecular weight is 292 g/mol. The second-order valence-electron chi connectivity index (χ2n) is 5.35. The van der Waals surface area contributed by atoms with Crippen molar-refractivity contribution in [2.75, 3.05) is 13.2 Å². The van der Waals surface area contributed by atoms with Crippen LogP contribution in [0, 0.1) is 0 Å². The maximum Gasteiger partial charge on any atom is 0.169 e. The monoisotopic (exact) mass is 292 g/mol. The lowest BCUT2D eigenvalue weighted by Gasteiger charge is -2.33. The summed E-state index contributed by atoms with van der Waals surface area (Å²) in [6.07, 6.45) is 3.60. The molecular weight excluding hydrogens is 272 g/mol. The second kappa shape index (κ2) is 5.80. The Kier molecular flexibility index (Phi) is 4.06. The van der Waals surface area contributed by atoms with Gasteiger partial charge >= 0.3 is 0 Å². The quantitative estimate of drug-likeness (QED) is 0.838. The Hall–Kier alpha value is -0.970. The standard InChI is InChI=1S/C16H20O3S/c1-13(20(17)15-5-3-2-4-6-15)14-7-9-16(10-8-14)18-11-12-19-16/h2-6H,7-12H2,1H3. The summed E-state index contributed by atoms with van der Waals surface area (Å²) in [5.74, 6) is -0.349. The summed E-state index contributed by atoms with van der Waals surface area (Å²) in [4.78, 5) is 1.88. The molecule has 0 aromatic heterocycles. The van der Waals surface area contributed by atoms with Gasteiger partial charge in [0, 0.05) is 22.6 Å². The van der Waals surface area contributed by atoms with E-state index in [1.807, 2.05) is 37.3 Å². The third kappa shape index (κ3) is 2.73. The van der Waals surface area contributed by atoms with E-state index in [-0.39, 0.29) is 5.79 Å². The summed E-state index contributed by atoms with van der Waals surface area (Å²) in [7, 11) is -1.04. The van der Waals surface area contributed by atoms with Crippen LogP contribution in [0.1, 0.15) is 32.6 Å². The molecule has 108 valence electrons. The molecule has 1 aliphatic carbocycles. The van der Waals surface area contributed by atoms with Gasteiger partial charge in [-0.05, 0) is 31.9 Å². The molecule has 2 aliphatic rings. The van der Waals surface area contributed by atoms with Gasteiger partial charge in [-0.25, -0.2) is 4.21 Å². The maximum atomic E-state index is 12.5. The van der Waals surface area contributed by atoms with Crippen molar-refractivity contribution in [1.29, 1.82) is 0 Å². The molecule has 1 aliphatic heterocycles. The first-order valence-electron chi connectivity index (χ1n) is 7.14. The predicted octanol–water partition coefficient (Wildman–Crippen LogP) is 3.39. The molecular formula is C16H20O3S. The Bertz CT molecular complexity index is 518. The highest BCUT2D eigenvalue weighted by Crippen LogP contribution is 2.39. The number of hydrogen-bond donors (Lipinski definition) is 0. The van der Waals surface area contributed by atoms with E-state index in [2.05, 4.69) is 0 Å².